The van der Waals surface area contributed by atoms with E-state index >= 15 is 0 Å². The van der Waals surface area contributed by atoms with Gasteiger partial charge in [0.05, 0.1) is 6.10 Å². The molecule has 4 saturated carbocycles. The van der Waals surface area contributed by atoms with E-state index in [2.05, 4.69) is 13.8 Å². The topological polar surface area (TPSA) is 91.7 Å². The molecular weight excluding hydrogens is 387 g/mol. The molecule has 0 radical (unpaired) electrons. The monoisotopic (exact) mass is 422 g/mol. The van der Waals surface area contributed by atoms with Crippen molar-refractivity contribution in [3.05, 3.63) is 0 Å². The van der Waals surface area contributed by atoms with E-state index in [9.17, 15) is 18.3 Å². The van der Waals surface area contributed by atoms with Crippen LogP contribution in [0.15, 0.2) is 0 Å². The van der Waals surface area contributed by atoms with Crippen LogP contribution >= 0.6 is 0 Å². The molecule has 5 nitrogen and oxygen atoms in total. The van der Waals surface area contributed by atoms with Crippen molar-refractivity contribution in [3.63, 3.8) is 0 Å². The molecule has 4 aliphatic rings. The summed E-state index contributed by atoms with van der Waals surface area (Å²) in [7, 11) is -4.25. The number of hydrogen-bond acceptors (Lipinski definition) is 4. The first kappa shape index (κ1) is 23.2. The number of rotatable bonds is 3. The van der Waals surface area contributed by atoms with Gasteiger partial charge in [-0.3, -0.25) is 9.35 Å². The fraction of sp³-hybridized carbons (Fsp3) is 0.952. The van der Waals surface area contributed by atoms with E-state index in [0.29, 0.717) is 29.1 Å². The van der Waals surface area contributed by atoms with Gasteiger partial charge in [-0.1, -0.05) is 13.8 Å². The van der Waals surface area contributed by atoms with Gasteiger partial charge in [0.1, 0.15) is 5.75 Å². The van der Waals surface area contributed by atoms with Crippen LogP contribution in [-0.4, -0.2) is 35.7 Å². The number of Topliss-reactive ketones (excluding diaryl/α,β-unsaturated/α-hetero) is 1. The van der Waals surface area contributed by atoms with E-state index in [1.807, 2.05) is 0 Å². The van der Waals surface area contributed by atoms with E-state index in [0.717, 1.165) is 44.9 Å². The molecule has 8 atom stereocenters. The molecule has 156 valence electrons. The number of fused-ring (bicyclic) bond motifs is 5. The van der Waals surface area contributed by atoms with Gasteiger partial charge in [-0.2, -0.15) is 8.42 Å². The van der Waals surface area contributed by atoms with Crippen LogP contribution < -0.4 is 29.6 Å². The number of carbonyl (C=O) groups is 1. The maximum atomic E-state index is 12.6. The first-order valence-electron chi connectivity index (χ1n) is 10.7. The van der Waals surface area contributed by atoms with E-state index in [1.54, 1.807) is 0 Å². The Morgan fingerprint density at radius 2 is 1.64 bits per heavy atom. The molecule has 4 fully saturated rings. The van der Waals surface area contributed by atoms with E-state index in [-0.39, 0.29) is 54.2 Å². The molecule has 28 heavy (non-hydrogen) atoms. The van der Waals surface area contributed by atoms with Crippen molar-refractivity contribution in [2.45, 2.75) is 77.7 Å². The smallest absolute Gasteiger partial charge is 1.00 e. The van der Waals surface area contributed by atoms with Gasteiger partial charge in [0.25, 0.3) is 10.1 Å². The van der Waals surface area contributed by atoms with Gasteiger partial charge >= 0.3 is 29.6 Å². The Kier molecular flexibility index (Phi) is 6.55. The second-order valence-electron chi connectivity index (χ2n) is 10.5. The molecule has 0 aromatic heterocycles. The fourth-order valence-electron chi connectivity index (χ4n) is 8.04. The van der Waals surface area contributed by atoms with Crippen molar-refractivity contribution >= 4 is 15.9 Å². The number of carbonyl (C=O) groups excluding carboxylic acids is 1. The maximum Gasteiger partial charge on any atom is 1.00 e. The Morgan fingerprint density at radius 1 is 1.00 bits per heavy atom. The second-order valence-corrected chi connectivity index (χ2v) is 11.9. The molecule has 0 aromatic carbocycles. The summed E-state index contributed by atoms with van der Waals surface area (Å²) >= 11 is 0. The molecule has 0 amide bonds. The summed E-state index contributed by atoms with van der Waals surface area (Å²) in [5.41, 5.74) is 0.181. The quantitative estimate of drug-likeness (QED) is 0.513. The predicted molar refractivity (Wildman–Crippen MR) is 104 cm³/mol. The zero-order valence-corrected chi connectivity index (χ0v) is 20.4. The first-order chi connectivity index (χ1) is 12.5. The summed E-state index contributed by atoms with van der Waals surface area (Å²) in [6, 6.07) is 0. The summed E-state index contributed by atoms with van der Waals surface area (Å²) in [5.74, 6) is 1.12. The summed E-state index contributed by atoms with van der Waals surface area (Å²) in [6.45, 7) is 4.64. The van der Waals surface area contributed by atoms with Gasteiger partial charge in [-0.25, -0.2) is 0 Å². The van der Waals surface area contributed by atoms with Crippen LogP contribution in [-0.2, 0) is 14.9 Å². The van der Waals surface area contributed by atoms with Crippen LogP contribution in [0, 0.1) is 40.4 Å². The van der Waals surface area contributed by atoms with Crippen molar-refractivity contribution in [2.24, 2.45) is 40.4 Å². The van der Waals surface area contributed by atoms with Gasteiger partial charge in [0, 0.05) is 5.92 Å². The van der Waals surface area contributed by atoms with Crippen molar-refractivity contribution < 1.29 is 53.9 Å². The van der Waals surface area contributed by atoms with Crippen LogP contribution in [0.3, 0.4) is 0 Å². The van der Waals surface area contributed by atoms with Gasteiger partial charge < -0.3 is 6.53 Å². The maximum absolute atomic E-state index is 12.6. The second kappa shape index (κ2) is 7.90. The van der Waals surface area contributed by atoms with Crippen LogP contribution in [0.2, 0.25) is 0 Å². The standard InChI is InChI=1S/C21H34O5S.Na.H/c1-20-9-7-14(22)11-13(20)3-4-15-16-5-6-18(19(23)12-27(24,25)26)21(16,2)10-8-17(15)20;;/h13-18,22H,3-12H2,1-2H3,(H,24,25,26);;/q;+1;-1/t13?,14?,15-,16-,17-,18+,20-,21-;;/m0../s1. The third-order valence-electron chi connectivity index (χ3n) is 9.35. The first-order valence-corrected chi connectivity index (χ1v) is 12.3. The van der Waals surface area contributed by atoms with Crippen molar-refractivity contribution in [3.8, 4) is 0 Å². The minimum absolute atomic E-state index is 0. The van der Waals surface area contributed by atoms with E-state index < -0.39 is 15.9 Å². The number of hydrogen-bond donors (Lipinski definition) is 2. The molecule has 0 aromatic rings. The van der Waals surface area contributed by atoms with Crippen molar-refractivity contribution in [1.29, 1.82) is 0 Å². The van der Waals surface area contributed by atoms with Crippen LogP contribution in [0.1, 0.15) is 73.1 Å². The molecule has 4 rings (SSSR count). The van der Waals surface area contributed by atoms with E-state index in [4.69, 9.17) is 4.55 Å². The van der Waals surface area contributed by atoms with Gasteiger partial charge in [-0.05, 0) is 92.3 Å². The number of aliphatic hydroxyl groups excluding tert-OH is 1. The largest absolute Gasteiger partial charge is 1.00 e. The van der Waals surface area contributed by atoms with Crippen LogP contribution in [0.5, 0.6) is 0 Å². The summed E-state index contributed by atoms with van der Waals surface area (Å²) < 4.78 is 31.6. The molecule has 0 saturated heterocycles. The molecule has 0 bridgehead atoms. The Hall–Kier alpha value is 0.540. The van der Waals surface area contributed by atoms with Gasteiger partial charge in [0.15, 0.2) is 5.78 Å². The Morgan fingerprint density at radius 3 is 2.32 bits per heavy atom. The summed E-state index contributed by atoms with van der Waals surface area (Å²) in [6.07, 6.45) is 9.02. The summed E-state index contributed by atoms with van der Waals surface area (Å²) in [4.78, 5) is 12.6. The minimum Gasteiger partial charge on any atom is -1.00 e. The van der Waals surface area contributed by atoms with Crippen LogP contribution in [0.25, 0.3) is 0 Å². The van der Waals surface area contributed by atoms with Crippen LogP contribution in [0.4, 0.5) is 0 Å². The molecule has 0 heterocycles. The minimum atomic E-state index is -4.25. The Balaban J connectivity index is 0.00000150. The fourth-order valence-corrected chi connectivity index (χ4v) is 8.61. The third-order valence-corrected chi connectivity index (χ3v) is 10.0. The molecule has 2 unspecified atom stereocenters. The molecular formula is C21H35NaO5S. The summed E-state index contributed by atoms with van der Waals surface area (Å²) in [5, 5.41) is 10.1. The van der Waals surface area contributed by atoms with Gasteiger partial charge in [0.2, 0.25) is 0 Å². The number of ketones is 1. The Labute approximate surface area is 192 Å². The van der Waals surface area contributed by atoms with E-state index in [1.165, 1.54) is 12.8 Å². The molecule has 4 aliphatic carbocycles. The molecule has 2 N–H and O–H groups in total. The molecule has 0 spiro atoms. The van der Waals surface area contributed by atoms with Crippen molar-refractivity contribution in [2.75, 3.05) is 5.75 Å². The predicted octanol–water partition coefficient (Wildman–Crippen LogP) is 0.580. The SMILES string of the molecule is C[C@]12CC[C@H]3[C@@H](CCC4CC(O)CC[C@@]43C)[C@@H]1CC[C@@H]2C(=O)CS(=O)(=O)O.[H-].[Na+]. The molecule has 0 aliphatic heterocycles. The third kappa shape index (κ3) is 3.80. The Bertz CT molecular complexity index is 731. The van der Waals surface area contributed by atoms with Gasteiger partial charge in [-0.15, -0.1) is 0 Å². The van der Waals surface area contributed by atoms with Crippen molar-refractivity contribution in [1.82, 2.24) is 0 Å². The average Bonchev–Trinajstić information content (AvgIpc) is 2.91. The zero-order chi connectivity index (χ0) is 19.6. The number of aliphatic hydroxyl groups is 1. The molecule has 7 heteroatoms. The zero-order valence-electron chi connectivity index (χ0n) is 18.6. The normalized spacial score (nSPS) is 48.0. The average molecular weight is 423 g/mol.